The van der Waals surface area contributed by atoms with Crippen LogP contribution in [0.3, 0.4) is 0 Å². The number of ketones is 1. The summed E-state index contributed by atoms with van der Waals surface area (Å²) in [5.74, 6) is -4.32. The van der Waals surface area contributed by atoms with Gasteiger partial charge in [0.15, 0.2) is 11.9 Å². The Hall–Kier alpha value is -10.0. The van der Waals surface area contributed by atoms with E-state index in [9.17, 15) is 38.4 Å². The highest BCUT2D eigenvalue weighted by molar-refractivity contribution is 5.96. The number of Topliss-reactive ketones (excluding diaryl/α,β-unsaturated/α-hetero) is 1. The Labute approximate surface area is 593 Å². The highest BCUT2D eigenvalue weighted by Gasteiger charge is 2.51. The highest BCUT2D eigenvalue weighted by Crippen LogP contribution is 2.46. The van der Waals surface area contributed by atoms with Gasteiger partial charge in [0.25, 0.3) is 0 Å². The van der Waals surface area contributed by atoms with Crippen LogP contribution in [0.5, 0.6) is 5.75 Å². The Morgan fingerprint density at radius 2 is 1.21 bits per heavy atom. The largest absolute Gasteiger partial charge is 0.460 e. The fraction of sp³-hybridized carbons (Fsp3) is 0.423. The van der Waals surface area contributed by atoms with Crippen LogP contribution in [-0.2, 0) is 75.0 Å². The molecule has 538 valence electrons. The first-order valence-corrected chi connectivity index (χ1v) is 34.6. The number of carbonyl (C=O) groups excluding carboxylic acids is 8. The minimum Gasteiger partial charge on any atom is -0.460 e. The summed E-state index contributed by atoms with van der Waals surface area (Å²) in [7, 11) is 3.50. The smallest absolute Gasteiger partial charge is 0.424 e. The number of esters is 3. The molecular weight excluding hydrogens is 1310 g/mol. The lowest BCUT2D eigenvalue weighted by Crippen LogP contribution is -2.59. The molecule has 4 amide bonds. The third-order valence-corrected chi connectivity index (χ3v) is 18.9. The Morgan fingerprint density at radius 3 is 1.77 bits per heavy atom. The fourth-order valence-electron chi connectivity index (χ4n) is 14.0. The molecule has 0 spiro atoms. The van der Waals surface area contributed by atoms with E-state index in [4.69, 9.17) is 47.6 Å². The molecule has 5 aromatic carbocycles. The lowest BCUT2D eigenvalue weighted by Gasteiger charge is -2.43. The van der Waals surface area contributed by atoms with Gasteiger partial charge in [0.05, 0.1) is 39.4 Å². The number of nitrogens with one attached hydrogen (secondary N) is 1. The van der Waals surface area contributed by atoms with Gasteiger partial charge in [-0.3, -0.25) is 24.0 Å². The monoisotopic (exact) mass is 1400 g/mol. The molecule has 11 rings (SSSR count). The van der Waals surface area contributed by atoms with E-state index in [2.05, 4.69) is 53.8 Å². The van der Waals surface area contributed by atoms with Crippen molar-refractivity contribution in [2.24, 2.45) is 5.92 Å². The number of pyridine rings is 1. The number of amides is 4. The van der Waals surface area contributed by atoms with Gasteiger partial charge in [0, 0.05) is 113 Å². The van der Waals surface area contributed by atoms with Crippen molar-refractivity contribution in [3.63, 3.8) is 0 Å². The second-order valence-electron chi connectivity index (χ2n) is 27.1. The number of aryl methyl sites for hydroxylation is 1. The molecule has 2 saturated heterocycles. The topological polar surface area (TPSA) is 262 Å². The maximum absolute atomic E-state index is 14.5. The number of benzene rings is 5. The zero-order valence-corrected chi connectivity index (χ0v) is 59.1. The molecule has 0 saturated carbocycles. The second kappa shape index (κ2) is 32.8. The summed E-state index contributed by atoms with van der Waals surface area (Å²) >= 11 is 0. The third kappa shape index (κ3) is 17.3. The van der Waals surface area contributed by atoms with Crippen LogP contribution in [0.1, 0.15) is 124 Å². The summed E-state index contributed by atoms with van der Waals surface area (Å²) in [6.07, 6.45) is -3.43. The Morgan fingerprint density at radius 1 is 0.647 bits per heavy atom. The molecule has 24 heteroatoms. The van der Waals surface area contributed by atoms with Crippen molar-refractivity contribution in [2.75, 3.05) is 78.7 Å². The first kappa shape index (κ1) is 73.2. The number of aromatic nitrogens is 2. The number of hydrazine groups is 1. The van der Waals surface area contributed by atoms with Crippen molar-refractivity contribution in [2.45, 2.75) is 135 Å². The summed E-state index contributed by atoms with van der Waals surface area (Å²) < 4.78 is 55.3. The number of hydrogen-bond donors (Lipinski definition) is 1. The third-order valence-electron chi connectivity index (χ3n) is 18.9. The van der Waals surface area contributed by atoms with Crippen molar-refractivity contribution in [3.8, 4) is 28.0 Å². The van der Waals surface area contributed by atoms with Crippen molar-refractivity contribution in [1.29, 1.82) is 0 Å². The molecule has 0 radical (unpaired) electrons. The molecular formula is C78H89N7O17. The average molecular weight is 1400 g/mol. The quantitative estimate of drug-likeness (QED) is 0.0217. The van der Waals surface area contributed by atoms with E-state index in [1.54, 1.807) is 50.8 Å². The number of carbonyl (C=O) groups is 8. The standard InChI is InChI=1S/C78H89N7O17/c1-48-70(49(2)86)101-75(72(99-51(4)88)71(48)98-50(3)87)100-67-44-53(28-29-64(67)74(91)102-78(5,6)7)80-68(89)33-39-94-41-42-95-40-38-85(77(93)97-47-66-62-26-16-12-22-58(62)59-23-13-17-27-63(59)66)54-30-35-83(36-31-54)69(90)32-37-84-55(43-52-19-18-34-79-73(52)84)45-81(8)82(9)76(92)96-46-65-60-24-14-10-20-56(60)57-21-11-15-25-61(57)65/h10-29,34,43-44,48,54,65-66,70-72,75H,30-33,35-42,45-47H2,1-9H3,(H,80,89)/t48-,70?,71+,72-,75-/m1/s1. The van der Waals surface area contributed by atoms with Crippen molar-refractivity contribution in [1.82, 2.24) is 29.4 Å². The van der Waals surface area contributed by atoms with Crippen LogP contribution in [-0.4, -0.2) is 187 Å². The second-order valence-corrected chi connectivity index (χ2v) is 27.1. The molecule has 1 N–H and O–H groups in total. The van der Waals surface area contributed by atoms with Gasteiger partial charge in [0.1, 0.15) is 41.9 Å². The van der Waals surface area contributed by atoms with Crippen LogP contribution in [0.4, 0.5) is 15.3 Å². The molecule has 2 fully saturated rings. The van der Waals surface area contributed by atoms with Gasteiger partial charge in [0.2, 0.25) is 24.2 Å². The van der Waals surface area contributed by atoms with Crippen LogP contribution in [0.25, 0.3) is 33.3 Å². The van der Waals surface area contributed by atoms with Crippen molar-refractivity contribution in [3.05, 3.63) is 173 Å². The zero-order valence-electron chi connectivity index (χ0n) is 59.1. The predicted molar refractivity (Wildman–Crippen MR) is 377 cm³/mol. The Kier molecular flexibility index (Phi) is 23.5. The Balaban J connectivity index is 0.682. The minimum atomic E-state index is -1.57. The summed E-state index contributed by atoms with van der Waals surface area (Å²) in [4.78, 5) is 115. The van der Waals surface area contributed by atoms with Gasteiger partial charge in [-0.15, -0.1) is 0 Å². The number of anilines is 1. The van der Waals surface area contributed by atoms with Crippen molar-refractivity contribution >= 4 is 64.4 Å². The average Bonchev–Trinajstić information content (AvgIpc) is 1.63. The molecule has 4 aliphatic rings. The van der Waals surface area contributed by atoms with E-state index >= 15 is 0 Å². The Bertz CT molecular complexity index is 4130. The maximum atomic E-state index is 14.5. The molecule has 24 nitrogen and oxygen atoms in total. The normalized spacial score (nSPS) is 17.9. The van der Waals surface area contributed by atoms with Crippen LogP contribution in [0.2, 0.25) is 0 Å². The van der Waals surface area contributed by atoms with Gasteiger partial charge in [-0.05, 0) is 115 Å². The summed E-state index contributed by atoms with van der Waals surface area (Å²) in [6.45, 7) is 12.7. The molecule has 2 aliphatic carbocycles. The van der Waals surface area contributed by atoms with Crippen LogP contribution in [0.15, 0.2) is 140 Å². The summed E-state index contributed by atoms with van der Waals surface area (Å²) in [5.41, 5.74) is 9.72. The van der Waals surface area contributed by atoms with E-state index in [1.807, 2.05) is 83.2 Å². The first-order valence-electron chi connectivity index (χ1n) is 34.6. The summed E-state index contributed by atoms with van der Waals surface area (Å²) in [6, 6.07) is 42.6. The van der Waals surface area contributed by atoms with Crippen molar-refractivity contribution < 1.29 is 81.0 Å². The highest BCUT2D eigenvalue weighted by atomic mass is 16.7. The van der Waals surface area contributed by atoms with Crippen LogP contribution in [0, 0.1) is 5.92 Å². The lowest BCUT2D eigenvalue weighted by molar-refractivity contribution is -0.261. The van der Waals surface area contributed by atoms with Gasteiger partial charge >= 0.3 is 30.1 Å². The van der Waals surface area contributed by atoms with E-state index in [-0.39, 0.29) is 99.8 Å². The molecule has 4 heterocycles. The van der Waals surface area contributed by atoms with Gasteiger partial charge in [-0.1, -0.05) is 104 Å². The molecule has 2 aliphatic heterocycles. The lowest BCUT2D eigenvalue weighted by atomic mass is 9.88. The number of piperidine rings is 1. The minimum absolute atomic E-state index is 0.000573. The number of hydrogen-bond acceptors (Lipinski definition) is 19. The number of fused-ring (bicyclic) bond motifs is 7. The number of nitrogens with zero attached hydrogens (tertiary/aromatic N) is 6. The number of likely N-dealkylation sites (tertiary alicyclic amines) is 1. The number of rotatable bonds is 27. The zero-order chi connectivity index (χ0) is 72.4. The molecule has 7 aromatic rings. The molecule has 5 atom stereocenters. The molecule has 1 unspecified atom stereocenters. The van der Waals surface area contributed by atoms with E-state index < -0.39 is 77.9 Å². The van der Waals surface area contributed by atoms with Crippen LogP contribution >= 0.6 is 0 Å². The SMILES string of the molecule is CC(=O)O[C@@H]1[C@@H](OC(C)=O)[C@H](Oc2cc(NC(=O)CCOCCOCCN(C(=O)OCC3c4ccccc4-c4ccccc43)C3CCN(C(=O)CCn4c(CN(C)N(C)C(=O)OCC5c6ccccc6-c6ccccc65)cc5cccnc54)CC3)ccc2C(=O)OC(C)(C)C)OC(C(C)=O)[C@H]1C. The summed E-state index contributed by atoms with van der Waals surface area (Å²) in [5, 5.41) is 6.94. The van der Waals surface area contributed by atoms with Gasteiger partial charge < -0.3 is 62.3 Å². The van der Waals surface area contributed by atoms with E-state index in [1.165, 1.54) is 37.1 Å². The maximum Gasteiger partial charge on any atom is 0.424 e. The fourth-order valence-corrected chi connectivity index (χ4v) is 14.0. The molecule has 2 aromatic heterocycles. The number of ether oxygens (including phenoxy) is 9. The first-order chi connectivity index (χ1) is 49.0. The van der Waals surface area contributed by atoms with E-state index in [0.717, 1.165) is 68.2 Å². The van der Waals surface area contributed by atoms with Gasteiger partial charge in [-0.25, -0.2) is 29.4 Å². The van der Waals surface area contributed by atoms with Crippen LogP contribution < -0.4 is 10.1 Å². The predicted octanol–water partition coefficient (Wildman–Crippen LogP) is 11.1. The molecule has 102 heavy (non-hydrogen) atoms. The van der Waals surface area contributed by atoms with Gasteiger partial charge in [-0.2, -0.15) is 0 Å². The molecule has 0 bridgehead atoms. The van der Waals surface area contributed by atoms with E-state index in [0.29, 0.717) is 39.0 Å².